The van der Waals surface area contributed by atoms with Gasteiger partial charge in [0.25, 0.3) is 0 Å². The van der Waals surface area contributed by atoms with Gasteiger partial charge >= 0.3 is 0 Å². The summed E-state index contributed by atoms with van der Waals surface area (Å²) in [6.45, 7) is 11.7. The molecule has 0 amide bonds. The molecule has 15 heavy (non-hydrogen) atoms. The molecule has 1 saturated heterocycles. The maximum Gasteiger partial charge on any atom is 0.0459 e. The Kier molecular flexibility index (Phi) is 4.57. The van der Waals surface area contributed by atoms with Gasteiger partial charge in [-0.2, -0.15) is 0 Å². The van der Waals surface area contributed by atoms with E-state index >= 15 is 0 Å². The monoisotopic (exact) mass is 225 g/mol. The summed E-state index contributed by atoms with van der Waals surface area (Å²) < 4.78 is 4.38. The fourth-order valence-electron chi connectivity index (χ4n) is 1.46. The number of rotatable bonds is 3. The van der Waals surface area contributed by atoms with Crippen molar-refractivity contribution in [3.63, 3.8) is 0 Å². The van der Waals surface area contributed by atoms with Gasteiger partial charge in [-0.25, -0.2) is 8.61 Å². The van der Waals surface area contributed by atoms with Crippen LogP contribution in [0, 0.1) is 0 Å². The van der Waals surface area contributed by atoms with Crippen LogP contribution in [-0.4, -0.2) is 41.5 Å². The lowest BCUT2D eigenvalue weighted by molar-refractivity contribution is 0.486. The molecule has 84 valence electrons. The summed E-state index contributed by atoms with van der Waals surface area (Å²) in [6.07, 6.45) is 0.965. The normalized spacial score (nSPS) is 21.3. The molecule has 0 bridgehead atoms. The Morgan fingerprint density at radius 3 is 2.67 bits per heavy atom. The summed E-state index contributed by atoms with van der Waals surface area (Å²) in [5, 5.41) is 0. The Labute approximate surface area is 96.8 Å². The Hall–Kier alpha value is -0.580. The third-order valence-electron chi connectivity index (χ3n) is 1.98. The first kappa shape index (κ1) is 12.5. The van der Waals surface area contributed by atoms with E-state index in [1.807, 2.05) is 21.0 Å². The van der Waals surface area contributed by atoms with Crippen molar-refractivity contribution in [3.05, 3.63) is 24.4 Å². The van der Waals surface area contributed by atoms with Crippen LogP contribution in [-0.2, 0) is 0 Å². The van der Waals surface area contributed by atoms with E-state index in [9.17, 15) is 0 Å². The molecular formula is C11H19N3S. The standard InChI is InChI=1S/C11H19N3S/c1-9(2)12-11-6-7-14(8-10(11)3)15-13(4)5/h1,3,6-8H2,2,4-5H3. The maximum absolute atomic E-state index is 4.40. The minimum Gasteiger partial charge on any atom is -0.258 e. The molecule has 0 atom stereocenters. The molecule has 1 fully saturated rings. The predicted octanol–water partition coefficient (Wildman–Crippen LogP) is 2.35. The lowest BCUT2D eigenvalue weighted by Crippen LogP contribution is -2.32. The van der Waals surface area contributed by atoms with Crippen LogP contribution in [0.25, 0.3) is 0 Å². The van der Waals surface area contributed by atoms with E-state index in [1.165, 1.54) is 0 Å². The number of aliphatic imine (C=N–C) groups is 1. The highest BCUT2D eigenvalue weighted by Gasteiger charge is 2.19. The lowest BCUT2D eigenvalue weighted by atomic mass is 10.1. The van der Waals surface area contributed by atoms with Crippen molar-refractivity contribution in [1.29, 1.82) is 0 Å². The highest BCUT2D eigenvalue weighted by molar-refractivity contribution is 7.94. The molecule has 1 rings (SSSR count). The van der Waals surface area contributed by atoms with Crippen molar-refractivity contribution in [1.82, 2.24) is 8.61 Å². The molecule has 0 unspecified atom stereocenters. The van der Waals surface area contributed by atoms with Crippen molar-refractivity contribution in [2.75, 3.05) is 27.2 Å². The molecule has 0 N–H and O–H groups in total. The molecule has 0 aromatic carbocycles. The van der Waals surface area contributed by atoms with Crippen LogP contribution < -0.4 is 0 Å². The number of hydrogen-bond donors (Lipinski definition) is 0. The third-order valence-corrected chi connectivity index (χ3v) is 2.85. The van der Waals surface area contributed by atoms with E-state index in [4.69, 9.17) is 0 Å². The first-order valence-electron chi connectivity index (χ1n) is 5.00. The zero-order valence-corrected chi connectivity index (χ0v) is 10.6. The minimum absolute atomic E-state index is 0.861. The maximum atomic E-state index is 4.40. The average molecular weight is 225 g/mol. The molecule has 1 aliphatic rings. The molecule has 0 radical (unpaired) electrons. The molecule has 0 aromatic heterocycles. The van der Waals surface area contributed by atoms with E-state index in [-0.39, 0.29) is 0 Å². The van der Waals surface area contributed by atoms with Crippen LogP contribution in [0.15, 0.2) is 29.4 Å². The quantitative estimate of drug-likeness (QED) is 0.687. The summed E-state index contributed by atoms with van der Waals surface area (Å²) in [4.78, 5) is 4.40. The predicted molar refractivity (Wildman–Crippen MR) is 68.9 cm³/mol. The highest BCUT2D eigenvalue weighted by Crippen LogP contribution is 2.21. The summed E-state index contributed by atoms with van der Waals surface area (Å²) in [7, 11) is 4.09. The van der Waals surface area contributed by atoms with Gasteiger partial charge in [0.2, 0.25) is 0 Å². The van der Waals surface area contributed by atoms with E-state index in [1.54, 1.807) is 12.1 Å². The molecule has 4 heteroatoms. The number of allylic oxidation sites excluding steroid dienone is 1. The van der Waals surface area contributed by atoms with Gasteiger partial charge in [-0.15, -0.1) is 0 Å². The van der Waals surface area contributed by atoms with Gasteiger partial charge in [-0.3, -0.25) is 4.99 Å². The second kappa shape index (κ2) is 5.49. The van der Waals surface area contributed by atoms with Crippen LogP contribution in [0.5, 0.6) is 0 Å². The summed E-state index contributed by atoms with van der Waals surface area (Å²) in [6, 6.07) is 0. The number of nitrogens with zero attached hydrogens (tertiary/aromatic N) is 3. The van der Waals surface area contributed by atoms with Crippen molar-refractivity contribution < 1.29 is 0 Å². The Morgan fingerprint density at radius 2 is 2.20 bits per heavy atom. The van der Waals surface area contributed by atoms with Crippen molar-refractivity contribution >= 4 is 17.8 Å². The first-order valence-corrected chi connectivity index (χ1v) is 5.73. The van der Waals surface area contributed by atoms with Gasteiger partial charge in [0.05, 0.1) is 0 Å². The molecule has 3 nitrogen and oxygen atoms in total. The van der Waals surface area contributed by atoms with Gasteiger partial charge in [-0.05, 0) is 26.6 Å². The largest absolute Gasteiger partial charge is 0.258 e. The zero-order chi connectivity index (χ0) is 11.4. The van der Waals surface area contributed by atoms with Crippen molar-refractivity contribution in [2.45, 2.75) is 13.3 Å². The second-order valence-corrected chi connectivity index (χ2v) is 5.31. The van der Waals surface area contributed by atoms with E-state index in [2.05, 4.69) is 26.8 Å². The van der Waals surface area contributed by atoms with Crippen LogP contribution in [0.4, 0.5) is 0 Å². The molecule has 1 aliphatic heterocycles. The molecule has 0 aliphatic carbocycles. The molecule has 0 saturated carbocycles. The van der Waals surface area contributed by atoms with E-state index < -0.39 is 0 Å². The third kappa shape index (κ3) is 4.20. The number of piperidine rings is 1. The Morgan fingerprint density at radius 1 is 1.53 bits per heavy atom. The summed E-state index contributed by atoms with van der Waals surface area (Å²) in [5.41, 5.74) is 3.08. The zero-order valence-electron chi connectivity index (χ0n) is 9.79. The van der Waals surface area contributed by atoms with Gasteiger partial charge in [-0.1, -0.05) is 13.2 Å². The summed E-state index contributed by atoms with van der Waals surface area (Å²) >= 11 is 1.73. The topological polar surface area (TPSA) is 18.8 Å². The molecule has 0 spiro atoms. The smallest absolute Gasteiger partial charge is 0.0459 e. The summed E-state index contributed by atoms with van der Waals surface area (Å²) in [5.74, 6) is 0. The Bertz CT molecular complexity index is 294. The Balaban J connectivity index is 2.55. The SMILES string of the molecule is C=C(C)N=C1CCN(SN(C)C)CC1=C. The van der Waals surface area contributed by atoms with Gasteiger partial charge in [0.1, 0.15) is 0 Å². The first-order chi connectivity index (χ1) is 6.99. The van der Waals surface area contributed by atoms with Gasteiger partial charge in [0, 0.05) is 43.1 Å². The van der Waals surface area contributed by atoms with E-state index in [0.717, 1.165) is 36.5 Å². The fourth-order valence-corrected chi connectivity index (χ4v) is 2.30. The molecular weight excluding hydrogens is 206 g/mol. The van der Waals surface area contributed by atoms with Gasteiger partial charge in [0.15, 0.2) is 0 Å². The fraction of sp³-hybridized carbons (Fsp3) is 0.545. The van der Waals surface area contributed by atoms with E-state index in [0.29, 0.717) is 0 Å². The number of hydrogen-bond acceptors (Lipinski definition) is 4. The van der Waals surface area contributed by atoms with Crippen LogP contribution in [0.2, 0.25) is 0 Å². The van der Waals surface area contributed by atoms with Crippen LogP contribution in [0.3, 0.4) is 0 Å². The highest BCUT2D eigenvalue weighted by atomic mass is 32.2. The molecule has 0 aromatic rings. The van der Waals surface area contributed by atoms with Crippen LogP contribution in [0.1, 0.15) is 13.3 Å². The van der Waals surface area contributed by atoms with Gasteiger partial charge < -0.3 is 0 Å². The average Bonchev–Trinajstić information content (AvgIpc) is 2.08. The molecule has 1 heterocycles. The second-order valence-electron chi connectivity index (χ2n) is 3.90. The minimum atomic E-state index is 0.861. The lowest BCUT2D eigenvalue weighted by Gasteiger charge is -2.29. The van der Waals surface area contributed by atoms with Crippen molar-refractivity contribution in [2.24, 2.45) is 4.99 Å². The van der Waals surface area contributed by atoms with Crippen molar-refractivity contribution in [3.8, 4) is 0 Å². The van der Waals surface area contributed by atoms with Crippen LogP contribution >= 0.6 is 12.1 Å².